The molecule has 23 heavy (non-hydrogen) atoms. The molecule has 120 valence electrons. The first kappa shape index (κ1) is 14.2. The molecule has 1 aliphatic heterocycles. The summed E-state index contributed by atoms with van der Waals surface area (Å²) in [6.45, 7) is 3.15. The molecule has 2 fully saturated rings. The summed E-state index contributed by atoms with van der Waals surface area (Å²) in [5.41, 5.74) is 0.812. The van der Waals surface area contributed by atoms with Crippen LogP contribution in [0.3, 0.4) is 0 Å². The number of hydrogen-bond donors (Lipinski definition) is 0. The highest BCUT2D eigenvalue weighted by atomic mass is 16.5. The highest BCUT2D eigenvalue weighted by molar-refractivity contribution is 5.76. The number of para-hydroxylation sites is 1. The van der Waals surface area contributed by atoms with Gasteiger partial charge in [-0.05, 0) is 25.0 Å². The Balaban J connectivity index is 1.48. The maximum Gasteiger partial charge on any atom is 0.261 e. The van der Waals surface area contributed by atoms with Gasteiger partial charge in [0.2, 0.25) is 5.91 Å². The van der Waals surface area contributed by atoms with Gasteiger partial charge in [0.05, 0.1) is 18.7 Å². The lowest BCUT2D eigenvalue weighted by atomic mass is 10.1. The Hall–Kier alpha value is -2.37. The molecule has 2 aromatic rings. The third kappa shape index (κ3) is 2.81. The Morgan fingerprint density at radius 3 is 2.87 bits per heavy atom. The minimum absolute atomic E-state index is 0.0254. The van der Waals surface area contributed by atoms with E-state index in [2.05, 4.69) is 10.1 Å². The van der Waals surface area contributed by atoms with E-state index >= 15 is 0 Å². The standard InChI is InChI=1S/C17H19N3O3/c1-2-15(21)20-9-12(10-20)22-14-6-4-3-5-13(14)17-18-16(19-23-17)11-7-8-11/h3-6,11-12H,2,7-10H2,1H3. The number of likely N-dealkylation sites (tertiary alicyclic amines) is 1. The molecule has 1 saturated heterocycles. The zero-order chi connectivity index (χ0) is 15.8. The minimum Gasteiger partial charge on any atom is -0.486 e. The molecule has 0 atom stereocenters. The first-order valence-electron chi connectivity index (χ1n) is 8.12. The number of rotatable bonds is 5. The van der Waals surface area contributed by atoms with Crippen LogP contribution >= 0.6 is 0 Å². The molecule has 1 aromatic heterocycles. The smallest absolute Gasteiger partial charge is 0.261 e. The van der Waals surface area contributed by atoms with Crippen molar-refractivity contribution in [3.8, 4) is 17.2 Å². The van der Waals surface area contributed by atoms with Crippen LogP contribution in [0.5, 0.6) is 5.75 Å². The molecule has 2 aliphatic rings. The molecule has 1 aromatic carbocycles. The summed E-state index contributed by atoms with van der Waals surface area (Å²) in [5.74, 6) is 2.65. The summed E-state index contributed by atoms with van der Waals surface area (Å²) in [7, 11) is 0. The summed E-state index contributed by atoms with van der Waals surface area (Å²) in [6, 6.07) is 7.68. The molecule has 2 heterocycles. The Morgan fingerprint density at radius 1 is 1.35 bits per heavy atom. The van der Waals surface area contributed by atoms with Gasteiger partial charge in [-0.3, -0.25) is 4.79 Å². The topological polar surface area (TPSA) is 68.5 Å². The summed E-state index contributed by atoms with van der Waals surface area (Å²) in [4.78, 5) is 17.9. The van der Waals surface area contributed by atoms with Crippen LogP contribution in [0.1, 0.15) is 37.9 Å². The van der Waals surface area contributed by atoms with Crippen LogP contribution in [0.2, 0.25) is 0 Å². The van der Waals surface area contributed by atoms with E-state index in [0.29, 0.717) is 31.3 Å². The average molecular weight is 313 g/mol. The highest BCUT2D eigenvalue weighted by Crippen LogP contribution is 2.39. The number of aromatic nitrogens is 2. The number of carbonyl (C=O) groups excluding carboxylic acids is 1. The second kappa shape index (κ2) is 5.68. The van der Waals surface area contributed by atoms with Crippen molar-refractivity contribution >= 4 is 5.91 Å². The average Bonchev–Trinajstić information content (AvgIpc) is 3.28. The van der Waals surface area contributed by atoms with Crippen molar-refractivity contribution in [2.75, 3.05) is 13.1 Å². The largest absolute Gasteiger partial charge is 0.486 e. The van der Waals surface area contributed by atoms with Crippen molar-refractivity contribution in [2.45, 2.75) is 38.2 Å². The van der Waals surface area contributed by atoms with Gasteiger partial charge in [-0.1, -0.05) is 24.2 Å². The molecule has 1 aliphatic carbocycles. The van der Waals surface area contributed by atoms with Gasteiger partial charge in [0.1, 0.15) is 11.9 Å². The SMILES string of the molecule is CCC(=O)N1CC(Oc2ccccc2-c2nc(C3CC3)no2)C1. The fraction of sp³-hybridized carbons (Fsp3) is 0.471. The number of hydrogen-bond acceptors (Lipinski definition) is 5. The summed E-state index contributed by atoms with van der Waals surface area (Å²) >= 11 is 0. The van der Waals surface area contributed by atoms with Gasteiger partial charge in [-0.25, -0.2) is 0 Å². The summed E-state index contributed by atoms with van der Waals surface area (Å²) in [5, 5.41) is 4.06. The number of ether oxygens (including phenoxy) is 1. The summed E-state index contributed by atoms with van der Waals surface area (Å²) in [6.07, 6.45) is 2.84. The fourth-order valence-electron chi connectivity index (χ4n) is 2.72. The van der Waals surface area contributed by atoms with E-state index in [-0.39, 0.29) is 12.0 Å². The maximum absolute atomic E-state index is 11.6. The van der Waals surface area contributed by atoms with E-state index in [1.165, 1.54) is 0 Å². The lowest BCUT2D eigenvalue weighted by molar-refractivity contribution is -0.139. The molecule has 0 bridgehead atoms. The molecular formula is C17H19N3O3. The van der Waals surface area contributed by atoms with E-state index in [4.69, 9.17) is 9.26 Å². The Labute approximate surface area is 134 Å². The first-order chi connectivity index (χ1) is 11.2. The second-order valence-corrected chi connectivity index (χ2v) is 6.12. The third-order valence-electron chi connectivity index (χ3n) is 4.30. The van der Waals surface area contributed by atoms with E-state index in [0.717, 1.165) is 30.0 Å². The zero-order valence-corrected chi connectivity index (χ0v) is 13.1. The van der Waals surface area contributed by atoms with Crippen LogP contribution in [0.4, 0.5) is 0 Å². The zero-order valence-electron chi connectivity index (χ0n) is 13.1. The van der Waals surface area contributed by atoms with Crippen molar-refractivity contribution < 1.29 is 14.1 Å². The Kier molecular flexibility index (Phi) is 3.52. The predicted molar refractivity (Wildman–Crippen MR) is 83.0 cm³/mol. The fourth-order valence-corrected chi connectivity index (χ4v) is 2.72. The minimum atomic E-state index is 0.0254. The molecular weight excluding hydrogens is 294 g/mol. The summed E-state index contributed by atoms with van der Waals surface area (Å²) < 4.78 is 11.4. The van der Waals surface area contributed by atoms with Gasteiger partial charge < -0.3 is 14.2 Å². The number of carbonyl (C=O) groups is 1. The third-order valence-corrected chi connectivity index (χ3v) is 4.30. The van der Waals surface area contributed by atoms with Crippen molar-refractivity contribution in [3.05, 3.63) is 30.1 Å². The van der Waals surface area contributed by atoms with E-state index in [1.807, 2.05) is 36.1 Å². The molecule has 6 heteroatoms. The number of nitrogens with zero attached hydrogens (tertiary/aromatic N) is 3. The normalized spacial score (nSPS) is 17.9. The lowest BCUT2D eigenvalue weighted by Gasteiger charge is -2.39. The van der Waals surface area contributed by atoms with Crippen molar-refractivity contribution in [2.24, 2.45) is 0 Å². The van der Waals surface area contributed by atoms with Crippen LogP contribution in [0, 0.1) is 0 Å². The van der Waals surface area contributed by atoms with Crippen molar-refractivity contribution in [3.63, 3.8) is 0 Å². The van der Waals surface area contributed by atoms with Gasteiger partial charge in [-0.15, -0.1) is 0 Å². The van der Waals surface area contributed by atoms with Gasteiger partial charge in [-0.2, -0.15) is 4.98 Å². The van der Waals surface area contributed by atoms with Gasteiger partial charge in [0.15, 0.2) is 5.82 Å². The monoisotopic (exact) mass is 313 g/mol. The van der Waals surface area contributed by atoms with Crippen molar-refractivity contribution in [1.29, 1.82) is 0 Å². The molecule has 0 N–H and O–H groups in total. The van der Waals surface area contributed by atoms with Crippen LogP contribution in [-0.4, -0.2) is 40.1 Å². The molecule has 1 amide bonds. The Morgan fingerprint density at radius 2 is 2.13 bits per heavy atom. The molecule has 1 saturated carbocycles. The molecule has 4 rings (SSSR count). The number of amides is 1. The highest BCUT2D eigenvalue weighted by Gasteiger charge is 2.33. The van der Waals surface area contributed by atoms with E-state index in [1.54, 1.807) is 0 Å². The van der Waals surface area contributed by atoms with E-state index < -0.39 is 0 Å². The van der Waals surface area contributed by atoms with E-state index in [9.17, 15) is 4.79 Å². The predicted octanol–water partition coefficient (Wildman–Crippen LogP) is 2.61. The molecule has 0 radical (unpaired) electrons. The van der Waals surface area contributed by atoms with Gasteiger partial charge >= 0.3 is 0 Å². The molecule has 6 nitrogen and oxygen atoms in total. The quantitative estimate of drug-likeness (QED) is 0.848. The van der Waals surface area contributed by atoms with Gasteiger partial charge in [0, 0.05) is 12.3 Å². The van der Waals surface area contributed by atoms with Crippen molar-refractivity contribution in [1.82, 2.24) is 15.0 Å². The second-order valence-electron chi connectivity index (χ2n) is 6.12. The van der Waals surface area contributed by atoms with Crippen LogP contribution in [0.25, 0.3) is 11.5 Å². The van der Waals surface area contributed by atoms with Crippen LogP contribution in [0.15, 0.2) is 28.8 Å². The molecule has 0 spiro atoms. The maximum atomic E-state index is 11.6. The Bertz CT molecular complexity index is 717. The number of benzene rings is 1. The first-order valence-corrected chi connectivity index (χ1v) is 8.12. The van der Waals surface area contributed by atoms with Crippen LogP contribution in [-0.2, 0) is 4.79 Å². The lowest BCUT2D eigenvalue weighted by Crippen LogP contribution is -2.56. The van der Waals surface area contributed by atoms with Gasteiger partial charge in [0.25, 0.3) is 5.89 Å². The molecule has 0 unspecified atom stereocenters. The van der Waals surface area contributed by atoms with Crippen LogP contribution < -0.4 is 4.74 Å².